The number of nitrogens with zero attached hydrogens (tertiary/aromatic N) is 1. The summed E-state index contributed by atoms with van der Waals surface area (Å²) in [5.41, 5.74) is 2.83. The average Bonchev–Trinajstić information content (AvgIpc) is 2.68. The Morgan fingerprint density at radius 3 is 2.35 bits per heavy atom. The first-order valence-electron chi connectivity index (χ1n) is 9.20. The van der Waals surface area contributed by atoms with E-state index in [4.69, 9.17) is 10.00 Å². The van der Waals surface area contributed by atoms with Crippen LogP contribution in [0.2, 0.25) is 0 Å². The lowest BCUT2D eigenvalue weighted by Crippen LogP contribution is -2.03. The van der Waals surface area contributed by atoms with Crippen molar-refractivity contribution in [1.29, 1.82) is 5.26 Å². The van der Waals surface area contributed by atoms with E-state index in [0.717, 1.165) is 12.0 Å². The minimum absolute atomic E-state index is 0.428. The van der Waals surface area contributed by atoms with Crippen molar-refractivity contribution in [2.24, 2.45) is 0 Å². The second-order valence-corrected chi connectivity index (χ2v) is 6.30. The van der Waals surface area contributed by atoms with Gasteiger partial charge in [-0.3, -0.25) is 0 Å². The average molecular weight is 347 g/mol. The number of hydrogen-bond acceptors (Lipinski definition) is 3. The summed E-state index contributed by atoms with van der Waals surface area (Å²) in [5, 5.41) is 8.75. The van der Waals surface area contributed by atoms with Crippen molar-refractivity contribution in [2.45, 2.75) is 45.4 Å². The van der Waals surface area contributed by atoms with Gasteiger partial charge in [0.25, 0.3) is 0 Å². The highest BCUT2D eigenvalue weighted by Gasteiger charge is 2.01. The Bertz CT molecular complexity index is 752. The number of hydrogen-bond donors (Lipinski definition) is 0. The molecule has 0 saturated heterocycles. The molecular formula is C23H25NO2. The van der Waals surface area contributed by atoms with Crippen LogP contribution in [0.3, 0.4) is 0 Å². The predicted molar refractivity (Wildman–Crippen MR) is 105 cm³/mol. The number of aryl methyl sites for hydroxylation is 1. The Kier molecular flexibility index (Phi) is 8.15. The monoisotopic (exact) mass is 347 g/mol. The zero-order valence-corrected chi connectivity index (χ0v) is 15.3. The molecule has 26 heavy (non-hydrogen) atoms. The van der Waals surface area contributed by atoms with Gasteiger partial charge in [0.15, 0.2) is 0 Å². The van der Waals surface area contributed by atoms with E-state index in [1.165, 1.54) is 43.7 Å². The lowest BCUT2D eigenvalue weighted by atomic mass is 10.0. The second kappa shape index (κ2) is 10.9. The Hall–Kier alpha value is -2.86. The maximum absolute atomic E-state index is 11.9. The topological polar surface area (TPSA) is 50.1 Å². The van der Waals surface area contributed by atoms with Crippen LogP contribution in [0.25, 0.3) is 6.08 Å². The van der Waals surface area contributed by atoms with Gasteiger partial charge in [0.2, 0.25) is 0 Å². The van der Waals surface area contributed by atoms with E-state index >= 15 is 0 Å². The minimum atomic E-state index is -0.435. The number of ether oxygens (including phenoxy) is 1. The second-order valence-electron chi connectivity index (χ2n) is 6.30. The van der Waals surface area contributed by atoms with Crippen LogP contribution < -0.4 is 4.74 Å². The molecule has 0 radical (unpaired) electrons. The van der Waals surface area contributed by atoms with Crippen LogP contribution in [-0.4, -0.2) is 5.97 Å². The normalized spacial score (nSPS) is 10.6. The molecule has 0 aliphatic rings. The maximum atomic E-state index is 11.9. The lowest BCUT2D eigenvalue weighted by Gasteiger charge is -2.03. The molecule has 0 fully saturated rings. The standard InChI is InChI=1S/C23H25NO2/c1-2-3-4-5-6-7-19-8-10-20(11-9-19)14-17-23(25)26-22-15-12-21(18-24)13-16-22/h8-17H,2-7H2,1H3/b17-14+. The number of esters is 1. The SMILES string of the molecule is CCCCCCCc1ccc(/C=C/C(=O)Oc2ccc(C#N)cc2)cc1. The van der Waals surface area contributed by atoms with Crippen molar-refractivity contribution < 1.29 is 9.53 Å². The molecule has 3 nitrogen and oxygen atoms in total. The van der Waals surface area contributed by atoms with Gasteiger partial charge in [-0.05, 0) is 54.3 Å². The summed E-state index contributed by atoms with van der Waals surface area (Å²) in [7, 11) is 0. The van der Waals surface area contributed by atoms with Crippen LogP contribution in [-0.2, 0) is 11.2 Å². The highest BCUT2D eigenvalue weighted by atomic mass is 16.5. The highest BCUT2D eigenvalue weighted by molar-refractivity contribution is 5.88. The van der Waals surface area contributed by atoms with Crippen molar-refractivity contribution in [3.63, 3.8) is 0 Å². The fraction of sp³-hybridized carbons (Fsp3) is 0.304. The first-order valence-corrected chi connectivity index (χ1v) is 9.20. The van der Waals surface area contributed by atoms with Gasteiger partial charge in [-0.1, -0.05) is 56.9 Å². The molecule has 0 N–H and O–H groups in total. The number of nitriles is 1. The molecule has 0 aromatic heterocycles. The van der Waals surface area contributed by atoms with E-state index in [1.54, 1.807) is 30.3 Å². The van der Waals surface area contributed by atoms with Gasteiger partial charge in [0.05, 0.1) is 11.6 Å². The first-order chi connectivity index (χ1) is 12.7. The van der Waals surface area contributed by atoms with E-state index in [0.29, 0.717) is 11.3 Å². The van der Waals surface area contributed by atoms with E-state index < -0.39 is 5.97 Å². The van der Waals surface area contributed by atoms with Crippen LogP contribution in [0, 0.1) is 11.3 Å². The van der Waals surface area contributed by atoms with Gasteiger partial charge in [-0.25, -0.2) is 4.79 Å². The molecule has 2 aromatic rings. The van der Waals surface area contributed by atoms with E-state index in [9.17, 15) is 4.79 Å². The third-order valence-electron chi connectivity index (χ3n) is 4.16. The van der Waals surface area contributed by atoms with Gasteiger partial charge >= 0.3 is 5.97 Å². The largest absolute Gasteiger partial charge is 0.423 e. The third-order valence-corrected chi connectivity index (χ3v) is 4.16. The molecular weight excluding hydrogens is 322 g/mol. The van der Waals surface area contributed by atoms with Crippen molar-refractivity contribution in [1.82, 2.24) is 0 Å². The van der Waals surface area contributed by atoms with Crippen LogP contribution in [0.1, 0.15) is 55.7 Å². The van der Waals surface area contributed by atoms with Crippen LogP contribution in [0.15, 0.2) is 54.6 Å². The van der Waals surface area contributed by atoms with Gasteiger partial charge in [0, 0.05) is 6.08 Å². The minimum Gasteiger partial charge on any atom is -0.423 e. The molecule has 0 unspecified atom stereocenters. The molecule has 0 bridgehead atoms. The Morgan fingerprint density at radius 2 is 1.69 bits per heavy atom. The Labute approximate surface area is 155 Å². The lowest BCUT2D eigenvalue weighted by molar-refractivity contribution is -0.128. The number of unbranched alkanes of at least 4 members (excludes halogenated alkanes) is 4. The quantitative estimate of drug-likeness (QED) is 0.253. The van der Waals surface area contributed by atoms with Gasteiger partial charge < -0.3 is 4.74 Å². The van der Waals surface area contributed by atoms with E-state index in [-0.39, 0.29) is 0 Å². The summed E-state index contributed by atoms with van der Waals surface area (Å²) in [6, 6.07) is 16.8. The zero-order valence-electron chi connectivity index (χ0n) is 15.3. The number of rotatable bonds is 9. The van der Waals surface area contributed by atoms with Crippen LogP contribution >= 0.6 is 0 Å². The summed E-state index contributed by atoms with van der Waals surface area (Å²) in [6.07, 6.45) is 10.7. The summed E-state index contributed by atoms with van der Waals surface area (Å²) in [4.78, 5) is 11.9. The van der Waals surface area contributed by atoms with Crippen molar-refractivity contribution >= 4 is 12.0 Å². The zero-order chi connectivity index (χ0) is 18.6. The van der Waals surface area contributed by atoms with Gasteiger partial charge in [-0.2, -0.15) is 5.26 Å². The molecule has 0 amide bonds. The fourth-order valence-electron chi connectivity index (χ4n) is 2.64. The van der Waals surface area contributed by atoms with Crippen molar-refractivity contribution in [3.8, 4) is 11.8 Å². The molecule has 0 spiro atoms. The fourth-order valence-corrected chi connectivity index (χ4v) is 2.64. The van der Waals surface area contributed by atoms with E-state index in [2.05, 4.69) is 19.1 Å². The van der Waals surface area contributed by atoms with Crippen LogP contribution in [0.4, 0.5) is 0 Å². The smallest absolute Gasteiger partial charge is 0.336 e. The molecule has 0 aliphatic carbocycles. The highest BCUT2D eigenvalue weighted by Crippen LogP contribution is 2.13. The summed E-state index contributed by atoms with van der Waals surface area (Å²) >= 11 is 0. The van der Waals surface area contributed by atoms with Crippen LogP contribution in [0.5, 0.6) is 5.75 Å². The summed E-state index contributed by atoms with van der Waals surface area (Å²) < 4.78 is 5.21. The molecule has 3 heteroatoms. The molecule has 2 rings (SSSR count). The number of carbonyl (C=O) groups excluding carboxylic acids is 1. The molecule has 0 saturated carbocycles. The molecule has 2 aromatic carbocycles. The maximum Gasteiger partial charge on any atom is 0.336 e. The number of benzene rings is 2. The van der Waals surface area contributed by atoms with Gasteiger partial charge in [0.1, 0.15) is 5.75 Å². The molecule has 0 heterocycles. The predicted octanol–water partition coefficient (Wildman–Crippen LogP) is 5.69. The Balaban J connectivity index is 1.79. The van der Waals surface area contributed by atoms with E-state index in [1.807, 2.05) is 18.2 Å². The third kappa shape index (κ3) is 6.94. The molecule has 0 atom stereocenters. The molecule has 134 valence electrons. The summed E-state index contributed by atoms with van der Waals surface area (Å²) in [6.45, 7) is 2.23. The van der Waals surface area contributed by atoms with Crippen molar-refractivity contribution in [3.05, 3.63) is 71.3 Å². The van der Waals surface area contributed by atoms with Gasteiger partial charge in [-0.15, -0.1) is 0 Å². The first kappa shape index (κ1) is 19.5. The number of carbonyl (C=O) groups is 1. The molecule has 0 aliphatic heterocycles. The Morgan fingerprint density at radius 1 is 1.00 bits per heavy atom. The van der Waals surface area contributed by atoms with Crippen molar-refractivity contribution in [2.75, 3.05) is 0 Å². The summed E-state index contributed by atoms with van der Waals surface area (Å²) in [5.74, 6) is -0.00761.